The summed E-state index contributed by atoms with van der Waals surface area (Å²) < 4.78 is 5.00. The second-order valence-electron chi connectivity index (χ2n) is 4.02. The summed E-state index contributed by atoms with van der Waals surface area (Å²) >= 11 is 5.92. The summed E-state index contributed by atoms with van der Waals surface area (Å²) in [7, 11) is 1.70. The van der Waals surface area contributed by atoms with Crippen LogP contribution in [0.3, 0.4) is 0 Å². The molecule has 1 aromatic rings. The second-order valence-corrected chi connectivity index (χ2v) is 4.45. The van der Waals surface area contributed by atoms with Crippen molar-refractivity contribution in [1.29, 1.82) is 0 Å². The average molecular weight is 243 g/mol. The fraction of sp³-hybridized carbons (Fsp3) is 0.538. The van der Waals surface area contributed by atoms with Crippen LogP contribution in [-0.2, 0) is 11.2 Å². The Morgan fingerprint density at radius 3 is 2.88 bits per heavy atom. The van der Waals surface area contributed by atoms with Gasteiger partial charge in [-0.1, -0.05) is 23.7 Å². The summed E-state index contributed by atoms with van der Waals surface area (Å²) in [5.74, 6) is 0.300. The fourth-order valence-electron chi connectivity index (χ4n) is 1.77. The van der Waals surface area contributed by atoms with Crippen LogP contribution in [0.15, 0.2) is 24.3 Å². The maximum absolute atomic E-state index is 9.28. The Morgan fingerprint density at radius 1 is 1.44 bits per heavy atom. The lowest BCUT2D eigenvalue weighted by Crippen LogP contribution is -2.10. The molecule has 0 amide bonds. The minimum absolute atomic E-state index is 0.218. The first-order chi connectivity index (χ1) is 7.76. The third-order valence-electron chi connectivity index (χ3n) is 2.63. The third-order valence-corrected chi connectivity index (χ3v) is 2.87. The number of hydrogen-bond acceptors (Lipinski definition) is 2. The van der Waals surface area contributed by atoms with E-state index in [-0.39, 0.29) is 6.61 Å². The van der Waals surface area contributed by atoms with Crippen molar-refractivity contribution in [3.8, 4) is 0 Å². The molecule has 0 aromatic heterocycles. The van der Waals surface area contributed by atoms with Crippen LogP contribution in [0.4, 0.5) is 0 Å². The molecular formula is C13H19ClO2. The minimum Gasteiger partial charge on any atom is -0.396 e. The van der Waals surface area contributed by atoms with Gasteiger partial charge in [0.25, 0.3) is 0 Å². The highest BCUT2D eigenvalue weighted by atomic mass is 35.5. The lowest BCUT2D eigenvalue weighted by atomic mass is 9.96. The van der Waals surface area contributed by atoms with Crippen LogP contribution in [0.1, 0.15) is 18.4 Å². The van der Waals surface area contributed by atoms with Crippen LogP contribution in [-0.4, -0.2) is 25.4 Å². The molecule has 3 heteroatoms. The molecule has 0 saturated heterocycles. The van der Waals surface area contributed by atoms with Crippen molar-refractivity contribution < 1.29 is 9.84 Å². The molecule has 16 heavy (non-hydrogen) atoms. The van der Waals surface area contributed by atoms with Crippen LogP contribution in [0.2, 0.25) is 5.02 Å². The Bertz CT molecular complexity index is 302. The average Bonchev–Trinajstić information content (AvgIpc) is 2.28. The number of aliphatic hydroxyl groups is 1. The number of methoxy groups -OCH3 is 1. The van der Waals surface area contributed by atoms with E-state index in [1.165, 1.54) is 5.56 Å². The van der Waals surface area contributed by atoms with E-state index in [1.54, 1.807) is 7.11 Å². The first-order valence-corrected chi connectivity index (χ1v) is 5.98. The van der Waals surface area contributed by atoms with Gasteiger partial charge in [-0.3, -0.25) is 0 Å². The SMILES string of the molecule is COCCCC(CO)Cc1cccc(Cl)c1. The van der Waals surface area contributed by atoms with E-state index in [0.29, 0.717) is 5.92 Å². The Hall–Kier alpha value is -0.570. The molecule has 1 aromatic carbocycles. The fourth-order valence-corrected chi connectivity index (χ4v) is 1.98. The van der Waals surface area contributed by atoms with Crippen LogP contribution < -0.4 is 0 Å². The molecule has 0 heterocycles. The molecular weight excluding hydrogens is 224 g/mol. The molecule has 0 radical (unpaired) electrons. The Kier molecular flexibility index (Phi) is 6.46. The number of benzene rings is 1. The Morgan fingerprint density at radius 2 is 2.25 bits per heavy atom. The molecule has 1 N–H and O–H groups in total. The molecule has 0 aliphatic rings. The van der Waals surface area contributed by atoms with Gasteiger partial charge in [-0.2, -0.15) is 0 Å². The maximum Gasteiger partial charge on any atom is 0.0462 e. The summed E-state index contributed by atoms with van der Waals surface area (Å²) in [6, 6.07) is 7.82. The molecule has 0 spiro atoms. The molecule has 0 aliphatic carbocycles. The van der Waals surface area contributed by atoms with Crippen molar-refractivity contribution in [3.05, 3.63) is 34.9 Å². The van der Waals surface area contributed by atoms with Gasteiger partial charge in [0.15, 0.2) is 0 Å². The quantitative estimate of drug-likeness (QED) is 0.745. The molecule has 0 aliphatic heterocycles. The summed E-state index contributed by atoms with van der Waals surface area (Å²) in [6.07, 6.45) is 2.85. The van der Waals surface area contributed by atoms with Gasteiger partial charge in [-0.05, 0) is 42.9 Å². The molecule has 1 unspecified atom stereocenters. The van der Waals surface area contributed by atoms with Crippen LogP contribution >= 0.6 is 11.6 Å². The molecule has 0 bridgehead atoms. The van der Waals surface area contributed by atoms with Crippen LogP contribution in [0.25, 0.3) is 0 Å². The standard InChI is InChI=1S/C13H19ClO2/c1-16-7-3-5-12(10-15)8-11-4-2-6-13(14)9-11/h2,4,6,9,12,15H,3,5,7-8,10H2,1H3. The van der Waals surface area contributed by atoms with Gasteiger partial charge in [0, 0.05) is 25.3 Å². The second kappa shape index (κ2) is 7.66. The van der Waals surface area contributed by atoms with Crippen LogP contribution in [0, 0.1) is 5.92 Å². The zero-order valence-corrected chi connectivity index (χ0v) is 10.4. The van der Waals surface area contributed by atoms with Gasteiger partial charge in [-0.25, -0.2) is 0 Å². The summed E-state index contributed by atoms with van der Waals surface area (Å²) in [5.41, 5.74) is 1.18. The zero-order valence-electron chi connectivity index (χ0n) is 9.66. The number of ether oxygens (including phenoxy) is 1. The van der Waals surface area contributed by atoms with E-state index in [1.807, 2.05) is 24.3 Å². The van der Waals surface area contributed by atoms with Gasteiger partial charge in [0.05, 0.1) is 0 Å². The summed E-state index contributed by atoms with van der Waals surface area (Å²) in [4.78, 5) is 0. The van der Waals surface area contributed by atoms with E-state index in [9.17, 15) is 5.11 Å². The Balaban J connectivity index is 2.43. The maximum atomic E-state index is 9.28. The largest absolute Gasteiger partial charge is 0.396 e. The van der Waals surface area contributed by atoms with E-state index in [0.717, 1.165) is 30.9 Å². The minimum atomic E-state index is 0.218. The highest BCUT2D eigenvalue weighted by molar-refractivity contribution is 6.30. The highest BCUT2D eigenvalue weighted by Crippen LogP contribution is 2.17. The number of rotatable bonds is 7. The Labute approximate surface area is 102 Å². The summed E-state index contributed by atoms with van der Waals surface area (Å²) in [6.45, 7) is 0.974. The molecule has 0 fully saturated rings. The lowest BCUT2D eigenvalue weighted by molar-refractivity contribution is 0.169. The lowest BCUT2D eigenvalue weighted by Gasteiger charge is -2.13. The third kappa shape index (κ3) is 4.97. The zero-order chi connectivity index (χ0) is 11.8. The molecule has 0 saturated carbocycles. The smallest absolute Gasteiger partial charge is 0.0462 e. The number of halogens is 1. The van der Waals surface area contributed by atoms with Crippen molar-refractivity contribution in [2.24, 2.45) is 5.92 Å². The van der Waals surface area contributed by atoms with Gasteiger partial charge < -0.3 is 9.84 Å². The van der Waals surface area contributed by atoms with Crippen molar-refractivity contribution in [3.63, 3.8) is 0 Å². The van der Waals surface area contributed by atoms with Crippen molar-refractivity contribution in [1.82, 2.24) is 0 Å². The first-order valence-electron chi connectivity index (χ1n) is 5.60. The van der Waals surface area contributed by atoms with Gasteiger partial charge >= 0.3 is 0 Å². The van der Waals surface area contributed by atoms with Gasteiger partial charge in [0.2, 0.25) is 0 Å². The number of aliphatic hydroxyl groups excluding tert-OH is 1. The topological polar surface area (TPSA) is 29.5 Å². The summed E-state index contributed by atoms with van der Waals surface area (Å²) in [5, 5.41) is 10.0. The van der Waals surface area contributed by atoms with Crippen molar-refractivity contribution in [2.75, 3.05) is 20.3 Å². The molecule has 1 atom stereocenters. The first kappa shape index (κ1) is 13.5. The van der Waals surface area contributed by atoms with E-state index in [4.69, 9.17) is 16.3 Å². The predicted molar refractivity (Wildman–Crippen MR) is 66.8 cm³/mol. The molecule has 1 rings (SSSR count). The normalized spacial score (nSPS) is 12.7. The van der Waals surface area contributed by atoms with Crippen molar-refractivity contribution >= 4 is 11.6 Å². The predicted octanol–water partition coefficient (Wildman–Crippen LogP) is 2.92. The van der Waals surface area contributed by atoms with Gasteiger partial charge in [-0.15, -0.1) is 0 Å². The number of hydrogen-bond donors (Lipinski definition) is 1. The highest BCUT2D eigenvalue weighted by Gasteiger charge is 2.08. The van der Waals surface area contributed by atoms with Crippen LogP contribution in [0.5, 0.6) is 0 Å². The van der Waals surface area contributed by atoms with E-state index in [2.05, 4.69) is 0 Å². The van der Waals surface area contributed by atoms with E-state index >= 15 is 0 Å². The molecule has 90 valence electrons. The van der Waals surface area contributed by atoms with Gasteiger partial charge in [0.1, 0.15) is 0 Å². The molecule has 2 nitrogen and oxygen atoms in total. The van der Waals surface area contributed by atoms with Crippen molar-refractivity contribution in [2.45, 2.75) is 19.3 Å². The van der Waals surface area contributed by atoms with E-state index < -0.39 is 0 Å². The monoisotopic (exact) mass is 242 g/mol.